The lowest BCUT2D eigenvalue weighted by Gasteiger charge is -2.20. The quantitative estimate of drug-likeness (QED) is 0.824. The summed E-state index contributed by atoms with van der Waals surface area (Å²) in [5.74, 6) is 0. The van der Waals surface area contributed by atoms with Gasteiger partial charge in [-0.05, 0) is 32.9 Å². The molecule has 3 N–H and O–H groups in total. The predicted octanol–water partition coefficient (Wildman–Crippen LogP) is 1.86. The van der Waals surface area contributed by atoms with Crippen molar-refractivity contribution in [2.24, 2.45) is 5.73 Å². The molecule has 0 atom stereocenters. The van der Waals surface area contributed by atoms with Gasteiger partial charge in [0.1, 0.15) is 4.99 Å². The second-order valence-electron chi connectivity index (χ2n) is 4.66. The summed E-state index contributed by atoms with van der Waals surface area (Å²) in [6.45, 7) is 4.90. The molecule has 1 rings (SSSR count). The molecule has 17 heavy (non-hydrogen) atoms. The van der Waals surface area contributed by atoms with Gasteiger partial charge in [-0.2, -0.15) is 0 Å². The predicted molar refractivity (Wildman–Crippen MR) is 74.6 cm³/mol. The van der Waals surface area contributed by atoms with E-state index < -0.39 is 14.8 Å². The molecule has 0 saturated heterocycles. The number of nitrogens with two attached hydrogens (primary N) is 1. The normalized spacial score (nSPS) is 12.2. The van der Waals surface area contributed by atoms with Crippen molar-refractivity contribution < 1.29 is 8.42 Å². The first-order chi connectivity index (χ1) is 7.63. The van der Waals surface area contributed by atoms with Crippen molar-refractivity contribution in [1.29, 1.82) is 0 Å². The lowest BCUT2D eigenvalue weighted by molar-refractivity contribution is 0.566. The van der Waals surface area contributed by atoms with Crippen molar-refractivity contribution in [3.05, 3.63) is 29.8 Å². The van der Waals surface area contributed by atoms with E-state index in [-0.39, 0.29) is 4.99 Å². The number of benzene rings is 1. The fourth-order valence-electron chi connectivity index (χ4n) is 1.04. The van der Waals surface area contributed by atoms with Crippen LogP contribution in [0.4, 0.5) is 5.69 Å². The van der Waals surface area contributed by atoms with Crippen molar-refractivity contribution in [2.45, 2.75) is 25.5 Å². The Morgan fingerprint density at radius 2 is 1.94 bits per heavy atom. The summed E-state index contributed by atoms with van der Waals surface area (Å²) >= 11 is 4.84. The first kappa shape index (κ1) is 13.9. The van der Waals surface area contributed by atoms with Gasteiger partial charge in [0.2, 0.25) is 10.0 Å². The maximum atomic E-state index is 11.9. The zero-order valence-electron chi connectivity index (χ0n) is 10.0. The first-order valence-corrected chi connectivity index (χ1v) is 6.95. The summed E-state index contributed by atoms with van der Waals surface area (Å²) < 4.78 is 25.5. The monoisotopic (exact) mass is 272 g/mol. The Labute approximate surface area is 107 Å². The highest BCUT2D eigenvalue weighted by Crippen LogP contribution is 2.20. The molecule has 0 saturated carbocycles. The molecule has 0 aliphatic carbocycles. The third-order valence-electron chi connectivity index (χ3n) is 2.21. The molecule has 0 aliphatic heterocycles. The average Bonchev–Trinajstić information content (AvgIpc) is 2.15. The summed E-state index contributed by atoms with van der Waals surface area (Å²) in [6.07, 6.45) is 0. The summed E-state index contributed by atoms with van der Waals surface area (Å²) in [7, 11) is -3.43. The van der Waals surface area contributed by atoms with E-state index in [1.54, 1.807) is 45.0 Å². The molecule has 94 valence electrons. The van der Waals surface area contributed by atoms with Gasteiger partial charge in [-0.3, -0.25) is 4.72 Å². The van der Waals surface area contributed by atoms with Gasteiger partial charge in [0, 0.05) is 11.3 Å². The van der Waals surface area contributed by atoms with Crippen LogP contribution in [0.5, 0.6) is 0 Å². The molecule has 1 aromatic carbocycles. The maximum Gasteiger partial charge on any atom is 0.237 e. The Balaban J connectivity index is 3.05. The number of anilines is 1. The number of sulfonamides is 1. The Morgan fingerprint density at radius 3 is 2.41 bits per heavy atom. The molecule has 0 aliphatic rings. The van der Waals surface area contributed by atoms with Crippen LogP contribution in [0.15, 0.2) is 24.3 Å². The highest BCUT2D eigenvalue weighted by molar-refractivity contribution is 7.94. The van der Waals surface area contributed by atoms with Gasteiger partial charge in [0.15, 0.2) is 0 Å². The van der Waals surface area contributed by atoms with E-state index in [0.717, 1.165) is 0 Å². The maximum absolute atomic E-state index is 11.9. The van der Waals surface area contributed by atoms with Crippen molar-refractivity contribution in [3.63, 3.8) is 0 Å². The van der Waals surface area contributed by atoms with Crippen molar-refractivity contribution in [3.8, 4) is 0 Å². The number of hydrogen-bond acceptors (Lipinski definition) is 3. The molecule has 0 heterocycles. The minimum absolute atomic E-state index is 0.238. The van der Waals surface area contributed by atoms with E-state index >= 15 is 0 Å². The third-order valence-corrected chi connectivity index (χ3v) is 4.56. The first-order valence-electron chi connectivity index (χ1n) is 5.06. The van der Waals surface area contributed by atoms with Gasteiger partial charge >= 0.3 is 0 Å². The Morgan fingerprint density at radius 1 is 1.35 bits per heavy atom. The van der Waals surface area contributed by atoms with Crippen molar-refractivity contribution in [1.82, 2.24) is 0 Å². The van der Waals surface area contributed by atoms with Crippen LogP contribution in [0.1, 0.15) is 26.3 Å². The summed E-state index contributed by atoms with van der Waals surface area (Å²) in [5, 5.41) is 0. The van der Waals surface area contributed by atoms with Crippen LogP contribution >= 0.6 is 12.2 Å². The van der Waals surface area contributed by atoms with Gasteiger partial charge in [0.25, 0.3) is 0 Å². The van der Waals surface area contributed by atoms with Crippen LogP contribution in [0.3, 0.4) is 0 Å². The smallest absolute Gasteiger partial charge is 0.237 e. The SMILES string of the molecule is CC(C)(C)S(=O)(=O)Nc1cccc(C(N)=S)c1. The van der Waals surface area contributed by atoms with Crippen LogP contribution in [0.2, 0.25) is 0 Å². The zero-order chi connectivity index (χ0) is 13.3. The minimum atomic E-state index is -3.43. The Kier molecular flexibility index (Phi) is 3.78. The Hall–Kier alpha value is -1.14. The van der Waals surface area contributed by atoms with E-state index in [1.807, 2.05) is 0 Å². The Bertz CT molecular complexity index is 531. The topological polar surface area (TPSA) is 72.2 Å². The standard InChI is InChI=1S/C11H16N2O2S2/c1-11(2,3)17(14,15)13-9-6-4-5-8(7-9)10(12)16/h4-7,13H,1-3H3,(H2,12,16). The molecule has 0 bridgehead atoms. The highest BCUT2D eigenvalue weighted by atomic mass is 32.2. The molecule has 0 fully saturated rings. The van der Waals surface area contributed by atoms with Gasteiger partial charge in [-0.15, -0.1) is 0 Å². The molecular weight excluding hydrogens is 256 g/mol. The molecule has 0 amide bonds. The molecule has 0 unspecified atom stereocenters. The molecule has 0 spiro atoms. The zero-order valence-corrected chi connectivity index (χ0v) is 11.7. The largest absolute Gasteiger partial charge is 0.389 e. The fraction of sp³-hybridized carbons (Fsp3) is 0.364. The second kappa shape index (κ2) is 4.62. The van der Waals surface area contributed by atoms with E-state index in [4.69, 9.17) is 18.0 Å². The highest BCUT2D eigenvalue weighted by Gasteiger charge is 2.28. The van der Waals surface area contributed by atoms with Crippen LogP contribution in [-0.2, 0) is 10.0 Å². The second-order valence-corrected chi connectivity index (χ2v) is 7.54. The average molecular weight is 272 g/mol. The van der Waals surface area contributed by atoms with E-state index in [1.165, 1.54) is 0 Å². The van der Waals surface area contributed by atoms with Crippen LogP contribution < -0.4 is 10.5 Å². The van der Waals surface area contributed by atoms with Gasteiger partial charge in [-0.1, -0.05) is 24.4 Å². The third kappa shape index (κ3) is 3.41. The van der Waals surface area contributed by atoms with Gasteiger partial charge in [-0.25, -0.2) is 8.42 Å². The summed E-state index contributed by atoms with van der Waals surface area (Å²) in [6, 6.07) is 6.71. The summed E-state index contributed by atoms with van der Waals surface area (Å²) in [4.78, 5) is 0.238. The fourth-order valence-corrected chi connectivity index (χ4v) is 1.91. The van der Waals surface area contributed by atoms with E-state index in [9.17, 15) is 8.42 Å². The lowest BCUT2D eigenvalue weighted by Crippen LogP contribution is -2.33. The van der Waals surface area contributed by atoms with Crippen LogP contribution in [-0.4, -0.2) is 18.2 Å². The molecule has 0 radical (unpaired) electrons. The van der Waals surface area contributed by atoms with Crippen molar-refractivity contribution >= 4 is 32.9 Å². The molecule has 1 aromatic rings. The van der Waals surface area contributed by atoms with Crippen molar-refractivity contribution in [2.75, 3.05) is 4.72 Å². The van der Waals surface area contributed by atoms with Gasteiger partial charge < -0.3 is 5.73 Å². The molecular formula is C11H16N2O2S2. The number of rotatable bonds is 3. The van der Waals surface area contributed by atoms with E-state index in [2.05, 4.69) is 4.72 Å². The minimum Gasteiger partial charge on any atom is -0.389 e. The number of nitrogens with one attached hydrogen (secondary N) is 1. The molecule has 0 aromatic heterocycles. The summed E-state index contributed by atoms with van der Waals surface area (Å²) in [5.41, 5.74) is 6.58. The van der Waals surface area contributed by atoms with E-state index in [0.29, 0.717) is 11.3 Å². The molecule has 4 nitrogen and oxygen atoms in total. The number of hydrogen-bond donors (Lipinski definition) is 2. The van der Waals surface area contributed by atoms with Gasteiger partial charge in [0.05, 0.1) is 4.75 Å². The van der Waals surface area contributed by atoms with Crippen LogP contribution in [0, 0.1) is 0 Å². The van der Waals surface area contributed by atoms with Crippen LogP contribution in [0.25, 0.3) is 0 Å². The number of thiocarbonyl (C=S) groups is 1. The molecule has 6 heteroatoms. The lowest BCUT2D eigenvalue weighted by atomic mass is 10.2.